The van der Waals surface area contributed by atoms with Crippen LogP contribution in [0.25, 0.3) is 0 Å². The second-order valence-corrected chi connectivity index (χ2v) is 4.37. The maximum absolute atomic E-state index is 12.2. The fourth-order valence-corrected chi connectivity index (χ4v) is 1.99. The zero-order valence-corrected chi connectivity index (χ0v) is 11.1. The molecule has 1 aliphatic rings. The Hall–Kier alpha value is -2.97. The lowest BCUT2D eigenvalue weighted by Gasteiger charge is -2.25. The molecule has 1 aliphatic heterocycles. The molecule has 1 saturated heterocycles. The minimum Gasteiger partial charge on any atom is -0.383 e. The fraction of sp³-hybridized carbons (Fsp3) is 0.250. The van der Waals surface area contributed by atoms with Crippen LogP contribution < -0.4 is 10.6 Å². The Labute approximate surface area is 119 Å². The number of imide groups is 1. The van der Waals surface area contributed by atoms with Crippen molar-refractivity contribution in [2.24, 2.45) is 0 Å². The Balaban J connectivity index is 2.31. The van der Waals surface area contributed by atoms with Gasteiger partial charge in [0.05, 0.1) is 4.92 Å². The summed E-state index contributed by atoms with van der Waals surface area (Å²) in [6.07, 6.45) is 0. The minimum absolute atomic E-state index is 0.0446. The minimum atomic E-state index is -0.614. The molecule has 1 fully saturated rings. The molecule has 3 amide bonds. The van der Waals surface area contributed by atoms with E-state index >= 15 is 0 Å². The lowest BCUT2D eigenvalue weighted by Crippen LogP contribution is -2.53. The SMILES string of the molecule is CNc1ccc(C(=O)N2CC(=O)NC(=O)C2)cc1[N+](=O)[O-]. The summed E-state index contributed by atoms with van der Waals surface area (Å²) in [6.45, 7) is -0.516. The smallest absolute Gasteiger partial charge is 0.293 e. The number of hydrogen-bond acceptors (Lipinski definition) is 6. The number of amides is 3. The van der Waals surface area contributed by atoms with Crippen molar-refractivity contribution >= 4 is 29.1 Å². The molecular formula is C12H12N4O5. The van der Waals surface area contributed by atoms with Gasteiger partial charge in [-0.15, -0.1) is 0 Å². The van der Waals surface area contributed by atoms with Crippen LogP contribution in [0.4, 0.5) is 11.4 Å². The Bertz CT molecular complexity index is 627. The zero-order valence-electron chi connectivity index (χ0n) is 11.1. The van der Waals surface area contributed by atoms with Gasteiger partial charge in [-0.2, -0.15) is 0 Å². The van der Waals surface area contributed by atoms with Crippen molar-refractivity contribution in [3.8, 4) is 0 Å². The number of rotatable bonds is 3. The quantitative estimate of drug-likeness (QED) is 0.449. The number of nitro benzene ring substituents is 1. The molecule has 0 atom stereocenters. The monoisotopic (exact) mass is 292 g/mol. The highest BCUT2D eigenvalue weighted by molar-refractivity contribution is 6.06. The van der Waals surface area contributed by atoms with Crippen molar-refractivity contribution in [2.75, 3.05) is 25.5 Å². The summed E-state index contributed by atoms with van der Waals surface area (Å²) < 4.78 is 0. The first-order valence-electron chi connectivity index (χ1n) is 6.00. The third kappa shape index (κ3) is 2.96. The molecule has 2 N–H and O–H groups in total. The summed E-state index contributed by atoms with van der Waals surface area (Å²) in [7, 11) is 1.53. The van der Waals surface area contributed by atoms with Gasteiger partial charge < -0.3 is 10.2 Å². The van der Waals surface area contributed by atoms with Gasteiger partial charge in [0, 0.05) is 18.7 Å². The molecule has 0 radical (unpaired) electrons. The molecule has 1 aromatic rings. The van der Waals surface area contributed by atoms with Crippen LogP contribution in [0.15, 0.2) is 18.2 Å². The van der Waals surface area contributed by atoms with Crippen LogP contribution in [0, 0.1) is 10.1 Å². The summed E-state index contributed by atoms with van der Waals surface area (Å²) in [6, 6.07) is 3.92. The maximum atomic E-state index is 12.2. The number of anilines is 1. The van der Waals surface area contributed by atoms with Crippen molar-refractivity contribution in [1.82, 2.24) is 10.2 Å². The number of nitrogens with one attached hydrogen (secondary N) is 2. The highest BCUT2D eigenvalue weighted by Gasteiger charge is 2.28. The van der Waals surface area contributed by atoms with Crippen LogP contribution in [0.1, 0.15) is 10.4 Å². The molecule has 1 heterocycles. The second-order valence-electron chi connectivity index (χ2n) is 4.37. The van der Waals surface area contributed by atoms with Crippen LogP contribution in [0.5, 0.6) is 0 Å². The van der Waals surface area contributed by atoms with Crippen LogP contribution in [0.3, 0.4) is 0 Å². The van der Waals surface area contributed by atoms with Gasteiger partial charge in [-0.25, -0.2) is 0 Å². The standard InChI is InChI=1S/C12H12N4O5/c1-13-8-3-2-7(4-9(8)16(20)21)12(19)15-5-10(17)14-11(18)6-15/h2-4,13H,5-6H2,1H3,(H,14,17,18). The molecule has 9 nitrogen and oxygen atoms in total. The Morgan fingerprint density at radius 1 is 1.33 bits per heavy atom. The van der Waals surface area contributed by atoms with Gasteiger partial charge in [-0.1, -0.05) is 0 Å². The van der Waals surface area contributed by atoms with E-state index in [1.165, 1.54) is 19.2 Å². The van der Waals surface area contributed by atoms with Gasteiger partial charge in [-0.05, 0) is 12.1 Å². The van der Waals surface area contributed by atoms with E-state index < -0.39 is 22.6 Å². The largest absolute Gasteiger partial charge is 0.383 e. The molecule has 110 valence electrons. The number of nitro groups is 1. The first kappa shape index (κ1) is 14.4. The molecule has 9 heteroatoms. The Kier molecular flexibility index (Phi) is 3.83. The lowest BCUT2D eigenvalue weighted by atomic mass is 10.1. The summed E-state index contributed by atoms with van der Waals surface area (Å²) in [4.78, 5) is 46.1. The zero-order chi connectivity index (χ0) is 15.6. The third-order valence-corrected chi connectivity index (χ3v) is 2.95. The summed E-state index contributed by atoms with van der Waals surface area (Å²) >= 11 is 0. The maximum Gasteiger partial charge on any atom is 0.293 e. The van der Waals surface area contributed by atoms with E-state index in [9.17, 15) is 24.5 Å². The van der Waals surface area contributed by atoms with Gasteiger partial charge in [-0.3, -0.25) is 29.8 Å². The van der Waals surface area contributed by atoms with Crippen molar-refractivity contribution in [3.05, 3.63) is 33.9 Å². The molecule has 0 unspecified atom stereocenters. The number of nitrogens with zero attached hydrogens (tertiary/aromatic N) is 2. The summed E-state index contributed by atoms with van der Waals surface area (Å²) in [5, 5.41) is 15.7. The fourth-order valence-electron chi connectivity index (χ4n) is 1.99. The highest BCUT2D eigenvalue weighted by Crippen LogP contribution is 2.25. The van der Waals surface area contributed by atoms with E-state index in [-0.39, 0.29) is 30.0 Å². The summed E-state index contributed by atoms with van der Waals surface area (Å²) in [5.74, 6) is -1.77. The van der Waals surface area contributed by atoms with Crippen LogP contribution in [-0.2, 0) is 9.59 Å². The van der Waals surface area contributed by atoms with Crippen molar-refractivity contribution in [1.29, 1.82) is 0 Å². The third-order valence-electron chi connectivity index (χ3n) is 2.95. The van der Waals surface area contributed by atoms with Crippen molar-refractivity contribution in [3.63, 3.8) is 0 Å². The molecule has 0 aromatic heterocycles. The number of carbonyl (C=O) groups is 3. The van der Waals surface area contributed by atoms with Crippen LogP contribution >= 0.6 is 0 Å². The van der Waals surface area contributed by atoms with Crippen LogP contribution in [0.2, 0.25) is 0 Å². The molecule has 0 bridgehead atoms. The van der Waals surface area contributed by atoms with Gasteiger partial charge in [0.25, 0.3) is 11.6 Å². The average molecular weight is 292 g/mol. The molecule has 21 heavy (non-hydrogen) atoms. The van der Waals surface area contributed by atoms with Gasteiger partial charge in [0.15, 0.2) is 0 Å². The Morgan fingerprint density at radius 2 is 1.95 bits per heavy atom. The van der Waals surface area contributed by atoms with E-state index in [0.29, 0.717) is 0 Å². The predicted octanol–water partition coefficient (Wildman–Crippen LogP) is -0.265. The Morgan fingerprint density at radius 3 is 2.48 bits per heavy atom. The molecule has 0 spiro atoms. The van der Waals surface area contributed by atoms with Gasteiger partial charge in [0.2, 0.25) is 11.8 Å². The van der Waals surface area contributed by atoms with Crippen molar-refractivity contribution < 1.29 is 19.3 Å². The van der Waals surface area contributed by atoms with Crippen molar-refractivity contribution in [2.45, 2.75) is 0 Å². The highest BCUT2D eigenvalue weighted by atomic mass is 16.6. The topological polar surface area (TPSA) is 122 Å². The number of hydrogen-bond donors (Lipinski definition) is 2. The second kappa shape index (κ2) is 5.57. The van der Waals surface area contributed by atoms with Gasteiger partial charge >= 0.3 is 0 Å². The average Bonchev–Trinajstić information content (AvgIpc) is 2.44. The molecule has 0 saturated carbocycles. The van der Waals surface area contributed by atoms with Gasteiger partial charge in [0.1, 0.15) is 18.8 Å². The predicted molar refractivity (Wildman–Crippen MR) is 71.7 cm³/mol. The number of benzene rings is 1. The number of carbonyl (C=O) groups excluding carboxylic acids is 3. The lowest BCUT2D eigenvalue weighted by molar-refractivity contribution is -0.384. The van der Waals surface area contributed by atoms with E-state index in [2.05, 4.69) is 10.6 Å². The first-order chi connectivity index (χ1) is 9.92. The molecule has 2 rings (SSSR count). The van der Waals surface area contributed by atoms with E-state index in [1.54, 1.807) is 0 Å². The summed E-state index contributed by atoms with van der Waals surface area (Å²) in [5.41, 5.74) is 0.0587. The molecule has 1 aromatic carbocycles. The van der Waals surface area contributed by atoms with E-state index in [4.69, 9.17) is 0 Å². The van der Waals surface area contributed by atoms with Crippen LogP contribution in [-0.4, -0.2) is 47.7 Å². The number of piperazine rings is 1. The molecule has 0 aliphatic carbocycles. The first-order valence-corrected chi connectivity index (χ1v) is 6.00. The van der Waals surface area contributed by atoms with E-state index in [1.807, 2.05) is 0 Å². The normalized spacial score (nSPS) is 14.6. The molecular weight excluding hydrogens is 280 g/mol. The van der Waals surface area contributed by atoms with E-state index in [0.717, 1.165) is 11.0 Å².